The predicted molar refractivity (Wildman–Crippen MR) is 74.9 cm³/mol. The largest absolute Gasteiger partial charge is 0.313 e. The molecule has 3 rings (SSSR count). The van der Waals surface area contributed by atoms with E-state index in [1.165, 1.54) is 11.1 Å². The van der Waals surface area contributed by atoms with Gasteiger partial charge >= 0.3 is 0 Å². The summed E-state index contributed by atoms with van der Waals surface area (Å²) < 4.78 is 1.91. The number of rotatable bonds is 4. The van der Waals surface area contributed by atoms with E-state index in [1.54, 1.807) is 6.20 Å². The molecule has 4 heteroatoms. The van der Waals surface area contributed by atoms with E-state index >= 15 is 0 Å². The van der Waals surface area contributed by atoms with Crippen molar-refractivity contribution in [3.05, 3.63) is 66.2 Å². The Morgan fingerprint density at radius 3 is 2.95 bits per heavy atom. The highest BCUT2D eigenvalue weighted by Gasteiger charge is 2.15. The zero-order valence-corrected chi connectivity index (χ0v) is 10.8. The van der Waals surface area contributed by atoms with Crippen LogP contribution in [-0.2, 0) is 6.42 Å². The Kier molecular flexibility index (Phi) is 3.25. The first-order valence-electron chi connectivity index (χ1n) is 6.37. The molecule has 0 amide bonds. The van der Waals surface area contributed by atoms with Crippen molar-refractivity contribution in [1.29, 1.82) is 0 Å². The maximum Gasteiger partial charge on any atom is 0.0709 e. The second-order valence-electron chi connectivity index (χ2n) is 4.54. The average Bonchev–Trinajstić information content (AvgIpc) is 2.90. The number of hydrogen-bond acceptors (Lipinski definition) is 3. The van der Waals surface area contributed by atoms with Gasteiger partial charge in [-0.3, -0.25) is 4.98 Å². The standard InChI is InChI=1S/C15H16N4/c1-16-14(9-12-5-4-7-17-10-12)13-11-18-19-8-3-2-6-15(13)19/h2-8,10-11,14,16H,9H2,1H3. The highest BCUT2D eigenvalue weighted by atomic mass is 15.2. The van der Waals surface area contributed by atoms with Gasteiger partial charge in [0.1, 0.15) is 0 Å². The van der Waals surface area contributed by atoms with Crippen LogP contribution in [-0.4, -0.2) is 21.6 Å². The molecule has 3 aromatic heterocycles. The Bertz CT molecular complexity index is 660. The molecule has 0 aliphatic heterocycles. The van der Waals surface area contributed by atoms with Gasteiger partial charge in [0.05, 0.1) is 11.7 Å². The van der Waals surface area contributed by atoms with Gasteiger partial charge in [-0.25, -0.2) is 4.52 Å². The highest BCUT2D eigenvalue weighted by molar-refractivity contribution is 5.55. The van der Waals surface area contributed by atoms with E-state index in [1.807, 2.05) is 48.4 Å². The van der Waals surface area contributed by atoms with E-state index < -0.39 is 0 Å². The van der Waals surface area contributed by atoms with Crippen molar-refractivity contribution in [3.8, 4) is 0 Å². The summed E-state index contributed by atoms with van der Waals surface area (Å²) in [5.74, 6) is 0. The molecule has 0 aliphatic carbocycles. The summed E-state index contributed by atoms with van der Waals surface area (Å²) in [6, 6.07) is 10.4. The lowest BCUT2D eigenvalue weighted by molar-refractivity contribution is 0.595. The van der Waals surface area contributed by atoms with Crippen LogP contribution in [0.1, 0.15) is 17.2 Å². The number of hydrogen-bond donors (Lipinski definition) is 1. The SMILES string of the molecule is CNC(Cc1cccnc1)c1cnn2ccccc12. The molecular formula is C15H16N4. The molecule has 3 aromatic rings. The lowest BCUT2D eigenvalue weighted by Crippen LogP contribution is -2.18. The summed E-state index contributed by atoms with van der Waals surface area (Å²) in [5, 5.41) is 7.75. The normalized spacial score (nSPS) is 12.7. The van der Waals surface area contributed by atoms with Gasteiger partial charge in [-0.1, -0.05) is 12.1 Å². The predicted octanol–water partition coefficient (Wildman–Crippen LogP) is 2.23. The summed E-state index contributed by atoms with van der Waals surface area (Å²) in [4.78, 5) is 4.17. The molecule has 0 saturated heterocycles. The minimum absolute atomic E-state index is 0.240. The minimum atomic E-state index is 0.240. The van der Waals surface area contributed by atoms with Crippen molar-refractivity contribution in [1.82, 2.24) is 19.9 Å². The quantitative estimate of drug-likeness (QED) is 0.774. The smallest absolute Gasteiger partial charge is 0.0709 e. The maximum absolute atomic E-state index is 4.39. The molecule has 0 aromatic carbocycles. The van der Waals surface area contributed by atoms with Crippen LogP contribution in [0, 0.1) is 0 Å². The molecule has 1 unspecified atom stereocenters. The first kappa shape index (κ1) is 11.9. The Hall–Kier alpha value is -2.20. The highest BCUT2D eigenvalue weighted by Crippen LogP contribution is 2.22. The number of pyridine rings is 2. The molecule has 0 radical (unpaired) electrons. The summed E-state index contributed by atoms with van der Waals surface area (Å²) in [7, 11) is 1.98. The van der Waals surface area contributed by atoms with Crippen LogP contribution in [0.2, 0.25) is 0 Å². The zero-order chi connectivity index (χ0) is 13.1. The number of fused-ring (bicyclic) bond motifs is 1. The van der Waals surface area contributed by atoms with Crippen molar-refractivity contribution in [3.63, 3.8) is 0 Å². The zero-order valence-electron chi connectivity index (χ0n) is 10.8. The topological polar surface area (TPSA) is 42.2 Å². The lowest BCUT2D eigenvalue weighted by Gasteiger charge is -2.15. The first-order valence-corrected chi connectivity index (χ1v) is 6.37. The van der Waals surface area contributed by atoms with E-state index in [-0.39, 0.29) is 6.04 Å². The van der Waals surface area contributed by atoms with Crippen LogP contribution in [0.4, 0.5) is 0 Å². The Balaban J connectivity index is 1.94. The fourth-order valence-electron chi connectivity index (χ4n) is 2.34. The van der Waals surface area contributed by atoms with Gasteiger partial charge in [0.25, 0.3) is 0 Å². The summed E-state index contributed by atoms with van der Waals surface area (Å²) >= 11 is 0. The van der Waals surface area contributed by atoms with Gasteiger partial charge < -0.3 is 5.32 Å². The number of aromatic nitrogens is 3. The van der Waals surface area contributed by atoms with Gasteiger partial charge in [0.2, 0.25) is 0 Å². The maximum atomic E-state index is 4.39. The minimum Gasteiger partial charge on any atom is -0.313 e. The monoisotopic (exact) mass is 252 g/mol. The second kappa shape index (κ2) is 5.20. The third-order valence-corrected chi connectivity index (χ3v) is 3.34. The molecule has 3 heterocycles. The van der Waals surface area contributed by atoms with Crippen molar-refractivity contribution in [2.45, 2.75) is 12.5 Å². The van der Waals surface area contributed by atoms with E-state index in [4.69, 9.17) is 0 Å². The van der Waals surface area contributed by atoms with E-state index in [0.29, 0.717) is 0 Å². The molecule has 19 heavy (non-hydrogen) atoms. The van der Waals surface area contributed by atoms with Gasteiger partial charge in [-0.15, -0.1) is 0 Å². The Morgan fingerprint density at radius 2 is 2.16 bits per heavy atom. The number of likely N-dealkylation sites (N-methyl/N-ethyl adjacent to an activating group) is 1. The van der Waals surface area contributed by atoms with Gasteiger partial charge in [0, 0.05) is 30.2 Å². The molecule has 0 saturated carbocycles. The summed E-state index contributed by atoms with van der Waals surface area (Å²) in [6.45, 7) is 0. The molecule has 1 N–H and O–H groups in total. The van der Waals surface area contributed by atoms with Gasteiger partial charge in [-0.2, -0.15) is 5.10 Å². The van der Waals surface area contributed by atoms with Gasteiger partial charge in [-0.05, 0) is 37.2 Å². The Labute approximate surface area is 112 Å². The molecular weight excluding hydrogens is 236 g/mol. The molecule has 0 aliphatic rings. The second-order valence-corrected chi connectivity index (χ2v) is 4.54. The fraction of sp³-hybridized carbons (Fsp3) is 0.200. The Morgan fingerprint density at radius 1 is 1.21 bits per heavy atom. The molecule has 1 atom stereocenters. The molecule has 4 nitrogen and oxygen atoms in total. The van der Waals surface area contributed by atoms with Gasteiger partial charge in [0.15, 0.2) is 0 Å². The van der Waals surface area contributed by atoms with Crippen LogP contribution < -0.4 is 5.32 Å². The molecule has 0 fully saturated rings. The lowest BCUT2D eigenvalue weighted by atomic mass is 10.0. The third-order valence-electron chi connectivity index (χ3n) is 3.34. The van der Waals surface area contributed by atoms with Crippen LogP contribution in [0.25, 0.3) is 5.52 Å². The van der Waals surface area contributed by atoms with E-state index in [9.17, 15) is 0 Å². The van der Waals surface area contributed by atoms with Crippen LogP contribution in [0.5, 0.6) is 0 Å². The number of nitrogens with zero attached hydrogens (tertiary/aromatic N) is 3. The fourth-order valence-corrected chi connectivity index (χ4v) is 2.34. The first-order chi connectivity index (χ1) is 9.38. The van der Waals surface area contributed by atoms with Crippen molar-refractivity contribution < 1.29 is 0 Å². The van der Waals surface area contributed by atoms with Crippen molar-refractivity contribution >= 4 is 5.52 Å². The van der Waals surface area contributed by atoms with Crippen LogP contribution in [0.15, 0.2) is 55.1 Å². The van der Waals surface area contributed by atoms with Crippen molar-refractivity contribution in [2.24, 2.45) is 0 Å². The molecule has 0 spiro atoms. The average molecular weight is 252 g/mol. The van der Waals surface area contributed by atoms with Crippen LogP contribution in [0.3, 0.4) is 0 Å². The third kappa shape index (κ3) is 2.35. The summed E-state index contributed by atoms with van der Waals surface area (Å²) in [6.07, 6.45) is 8.52. The molecule has 0 bridgehead atoms. The summed E-state index contributed by atoms with van der Waals surface area (Å²) in [5.41, 5.74) is 3.58. The van der Waals surface area contributed by atoms with E-state index in [2.05, 4.69) is 27.5 Å². The molecule has 96 valence electrons. The van der Waals surface area contributed by atoms with Crippen LogP contribution >= 0.6 is 0 Å². The van der Waals surface area contributed by atoms with Crippen molar-refractivity contribution in [2.75, 3.05) is 7.05 Å². The van der Waals surface area contributed by atoms with E-state index in [0.717, 1.165) is 11.9 Å². The number of nitrogens with one attached hydrogen (secondary N) is 1.